The first-order valence-electron chi connectivity index (χ1n) is 8.09. The summed E-state index contributed by atoms with van der Waals surface area (Å²) in [6.45, 7) is 4.99. The number of carbonyl (C=O) groups excluding carboxylic acids is 1. The van der Waals surface area contributed by atoms with Crippen molar-refractivity contribution in [1.29, 1.82) is 0 Å². The summed E-state index contributed by atoms with van der Waals surface area (Å²) in [5, 5.41) is 0. The maximum absolute atomic E-state index is 12.3. The number of hydrogen-bond donors (Lipinski definition) is 0. The first-order chi connectivity index (χ1) is 11.3. The number of piperazine rings is 1. The third kappa shape index (κ3) is 2.97. The molecule has 0 bridgehead atoms. The van der Waals surface area contributed by atoms with Crippen molar-refractivity contribution in [2.75, 3.05) is 32.8 Å². The van der Waals surface area contributed by atoms with Gasteiger partial charge in [0.2, 0.25) is 0 Å². The molecule has 5 nitrogen and oxygen atoms in total. The largest absolute Gasteiger partial charge is 0.493 e. The summed E-state index contributed by atoms with van der Waals surface area (Å²) in [5.74, 6) is 1.45. The van der Waals surface area contributed by atoms with E-state index in [-0.39, 0.29) is 5.91 Å². The molecular formula is C18H20N2O3. The normalized spacial score (nSPS) is 17.8. The zero-order valence-corrected chi connectivity index (χ0v) is 13.0. The van der Waals surface area contributed by atoms with Gasteiger partial charge >= 0.3 is 0 Å². The molecule has 2 aliphatic rings. The van der Waals surface area contributed by atoms with Crippen LogP contribution in [0, 0.1) is 0 Å². The molecule has 5 heteroatoms. The summed E-state index contributed by atoms with van der Waals surface area (Å²) in [6, 6.07) is 9.95. The van der Waals surface area contributed by atoms with Gasteiger partial charge in [0.15, 0.2) is 5.76 Å². The maximum atomic E-state index is 12.3. The lowest BCUT2D eigenvalue weighted by Crippen LogP contribution is -2.48. The van der Waals surface area contributed by atoms with Crippen molar-refractivity contribution in [3.05, 3.63) is 53.5 Å². The molecular weight excluding hydrogens is 292 g/mol. The summed E-state index contributed by atoms with van der Waals surface area (Å²) in [7, 11) is 0. The average molecular weight is 312 g/mol. The fourth-order valence-corrected chi connectivity index (χ4v) is 3.26. The van der Waals surface area contributed by atoms with Gasteiger partial charge in [-0.2, -0.15) is 0 Å². The van der Waals surface area contributed by atoms with Crippen LogP contribution >= 0.6 is 0 Å². The number of nitrogens with zero attached hydrogens (tertiary/aromatic N) is 2. The Morgan fingerprint density at radius 3 is 2.78 bits per heavy atom. The van der Waals surface area contributed by atoms with Gasteiger partial charge in [0.1, 0.15) is 5.75 Å². The molecule has 4 rings (SSSR count). The number of ether oxygens (including phenoxy) is 1. The molecule has 1 aromatic heterocycles. The molecule has 0 atom stereocenters. The van der Waals surface area contributed by atoms with Crippen LogP contribution in [0.2, 0.25) is 0 Å². The minimum absolute atomic E-state index is 0.00988. The van der Waals surface area contributed by atoms with Crippen molar-refractivity contribution >= 4 is 5.91 Å². The molecule has 0 saturated carbocycles. The van der Waals surface area contributed by atoms with Crippen molar-refractivity contribution < 1.29 is 13.9 Å². The van der Waals surface area contributed by atoms with E-state index in [1.54, 1.807) is 18.4 Å². The van der Waals surface area contributed by atoms with Crippen LogP contribution in [0.4, 0.5) is 0 Å². The van der Waals surface area contributed by atoms with Gasteiger partial charge in [0.05, 0.1) is 12.9 Å². The number of carbonyl (C=O) groups is 1. The quantitative estimate of drug-likeness (QED) is 0.871. The molecule has 0 radical (unpaired) electrons. The van der Waals surface area contributed by atoms with Crippen LogP contribution in [-0.4, -0.2) is 48.5 Å². The van der Waals surface area contributed by atoms with Crippen molar-refractivity contribution in [1.82, 2.24) is 9.80 Å². The second kappa shape index (κ2) is 6.08. The Morgan fingerprint density at radius 2 is 2.00 bits per heavy atom. The Hall–Kier alpha value is -2.27. The number of rotatable bonds is 3. The van der Waals surface area contributed by atoms with E-state index in [4.69, 9.17) is 9.15 Å². The monoisotopic (exact) mass is 312 g/mol. The van der Waals surface area contributed by atoms with Crippen LogP contribution in [0.3, 0.4) is 0 Å². The Labute approximate surface area is 135 Å². The molecule has 1 saturated heterocycles. The van der Waals surface area contributed by atoms with Crippen molar-refractivity contribution in [2.45, 2.75) is 13.0 Å². The van der Waals surface area contributed by atoms with Gasteiger partial charge in [0, 0.05) is 39.1 Å². The summed E-state index contributed by atoms with van der Waals surface area (Å²) in [4.78, 5) is 16.5. The predicted octanol–water partition coefficient (Wildman–Crippen LogP) is 2.17. The highest BCUT2D eigenvalue weighted by Crippen LogP contribution is 2.26. The highest BCUT2D eigenvalue weighted by atomic mass is 16.5. The number of hydrogen-bond acceptors (Lipinski definition) is 4. The van der Waals surface area contributed by atoms with Crippen LogP contribution in [0.25, 0.3) is 0 Å². The summed E-state index contributed by atoms with van der Waals surface area (Å²) >= 11 is 0. The van der Waals surface area contributed by atoms with E-state index in [0.717, 1.165) is 51.5 Å². The molecule has 3 heterocycles. The SMILES string of the molecule is O=C(c1ccco1)N1CCN(Cc2ccc3c(c2)CCO3)CC1. The van der Waals surface area contributed by atoms with E-state index < -0.39 is 0 Å². The molecule has 2 aromatic rings. The minimum Gasteiger partial charge on any atom is -0.493 e. The number of furan rings is 1. The van der Waals surface area contributed by atoms with E-state index in [9.17, 15) is 4.79 Å². The molecule has 23 heavy (non-hydrogen) atoms. The summed E-state index contributed by atoms with van der Waals surface area (Å²) in [5.41, 5.74) is 2.63. The zero-order valence-electron chi connectivity index (χ0n) is 13.0. The van der Waals surface area contributed by atoms with Crippen molar-refractivity contribution in [3.8, 4) is 5.75 Å². The van der Waals surface area contributed by atoms with Gasteiger partial charge in [-0.25, -0.2) is 0 Å². The molecule has 1 aromatic carbocycles. The lowest BCUT2D eigenvalue weighted by Gasteiger charge is -2.34. The zero-order chi connectivity index (χ0) is 15.6. The van der Waals surface area contributed by atoms with Gasteiger partial charge in [-0.3, -0.25) is 9.69 Å². The van der Waals surface area contributed by atoms with E-state index >= 15 is 0 Å². The molecule has 0 unspecified atom stereocenters. The van der Waals surface area contributed by atoms with E-state index in [1.165, 1.54) is 11.1 Å². The molecule has 1 fully saturated rings. The average Bonchev–Trinajstić information content (AvgIpc) is 3.26. The highest BCUT2D eigenvalue weighted by Gasteiger charge is 2.24. The second-order valence-electron chi connectivity index (χ2n) is 6.09. The van der Waals surface area contributed by atoms with Gasteiger partial charge in [-0.15, -0.1) is 0 Å². The first kappa shape index (κ1) is 14.3. The van der Waals surface area contributed by atoms with Crippen molar-refractivity contribution in [2.24, 2.45) is 0 Å². The Bertz CT molecular complexity index is 688. The Balaban J connectivity index is 1.34. The summed E-state index contributed by atoms with van der Waals surface area (Å²) in [6.07, 6.45) is 2.55. The fraction of sp³-hybridized carbons (Fsp3) is 0.389. The number of fused-ring (bicyclic) bond motifs is 1. The standard InChI is InChI=1S/C18H20N2O3/c21-18(17-2-1-10-22-17)20-8-6-19(7-9-20)13-14-3-4-16-15(12-14)5-11-23-16/h1-4,10,12H,5-9,11,13H2. The lowest BCUT2D eigenvalue weighted by atomic mass is 10.1. The molecule has 0 aliphatic carbocycles. The van der Waals surface area contributed by atoms with Crippen molar-refractivity contribution in [3.63, 3.8) is 0 Å². The highest BCUT2D eigenvalue weighted by molar-refractivity contribution is 5.91. The lowest BCUT2D eigenvalue weighted by molar-refractivity contribution is 0.0598. The molecule has 0 spiro atoms. The molecule has 0 N–H and O–H groups in total. The van der Waals surface area contributed by atoms with E-state index in [0.29, 0.717) is 5.76 Å². The molecule has 2 aliphatic heterocycles. The smallest absolute Gasteiger partial charge is 0.289 e. The summed E-state index contributed by atoms with van der Waals surface area (Å²) < 4.78 is 10.7. The Morgan fingerprint density at radius 1 is 1.13 bits per heavy atom. The molecule has 1 amide bonds. The van der Waals surface area contributed by atoms with E-state index in [2.05, 4.69) is 23.1 Å². The minimum atomic E-state index is -0.00988. The number of benzene rings is 1. The van der Waals surface area contributed by atoms with Crippen LogP contribution in [-0.2, 0) is 13.0 Å². The predicted molar refractivity (Wildman–Crippen MR) is 85.5 cm³/mol. The van der Waals surface area contributed by atoms with Crippen LogP contribution < -0.4 is 4.74 Å². The van der Waals surface area contributed by atoms with E-state index in [1.807, 2.05) is 4.90 Å². The first-order valence-corrected chi connectivity index (χ1v) is 8.09. The fourth-order valence-electron chi connectivity index (χ4n) is 3.26. The third-order valence-electron chi connectivity index (χ3n) is 4.55. The second-order valence-corrected chi connectivity index (χ2v) is 6.09. The van der Waals surface area contributed by atoms with Crippen LogP contribution in [0.5, 0.6) is 5.75 Å². The third-order valence-corrected chi connectivity index (χ3v) is 4.55. The van der Waals surface area contributed by atoms with Gasteiger partial charge in [-0.05, 0) is 29.3 Å². The topological polar surface area (TPSA) is 45.9 Å². The van der Waals surface area contributed by atoms with Crippen LogP contribution in [0.15, 0.2) is 41.0 Å². The van der Waals surface area contributed by atoms with Crippen LogP contribution in [0.1, 0.15) is 21.7 Å². The maximum Gasteiger partial charge on any atom is 0.289 e. The van der Waals surface area contributed by atoms with Gasteiger partial charge in [-0.1, -0.05) is 12.1 Å². The Kier molecular flexibility index (Phi) is 3.79. The van der Waals surface area contributed by atoms with Gasteiger partial charge in [0.25, 0.3) is 5.91 Å². The molecule has 120 valence electrons. The number of amides is 1. The van der Waals surface area contributed by atoms with Gasteiger partial charge < -0.3 is 14.1 Å².